The number of likely N-dealkylation sites (tertiary alicyclic amines) is 2. The van der Waals surface area contributed by atoms with Crippen LogP contribution in [0.2, 0.25) is 0 Å². The van der Waals surface area contributed by atoms with Gasteiger partial charge < -0.3 is 20.0 Å². The lowest BCUT2D eigenvalue weighted by molar-refractivity contribution is 0.187. The molecule has 4 rings (SSSR count). The number of furan rings is 1. The predicted octanol–water partition coefficient (Wildman–Crippen LogP) is 3.62. The fourth-order valence-electron chi connectivity index (χ4n) is 4.22. The average Bonchev–Trinajstić information content (AvgIpc) is 3.45. The Morgan fingerprint density at radius 1 is 1.14 bits per heavy atom. The second-order valence-corrected chi connectivity index (χ2v) is 7.84. The molecule has 2 fully saturated rings. The van der Waals surface area contributed by atoms with E-state index < -0.39 is 0 Å². The molecule has 0 spiro atoms. The minimum Gasteiger partial charge on any atom is -0.465 e. The first-order chi connectivity index (χ1) is 13.7. The molecule has 2 N–H and O–H groups in total. The molecule has 2 aromatic rings. The van der Waals surface area contributed by atoms with Crippen LogP contribution < -0.4 is 10.6 Å². The van der Waals surface area contributed by atoms with Crippen molar-refractivity contribution < 1.29 is 9.21 Å². The summed E-state index contributed by atoms with van der Waals surface area (Å²) in [6.07, 6.45) is 3.39. The van der Waals surface area contributed by atoms with Crippen LogP contribution in [-0.2, 0) is 0 Å². The Morgan fingerprint density at radius 3 is 2.64 bits per heavy atom. The molecular weight excluding hydrogens is 352 g/mol. The van der Waals surface area contributed by atoms with E-state index in [2.05, 4.69) is 27.7 Å². The van der Waals surface area contributed by atoms with Crippen LogP contribution in [0.5, 0.6) is 0 Å². The molecule has 150 valence electrons. The maximum absolute atomic E-state index is 12.7. The molecule has 28 heavy (non-hydrogen) atoms. The normalized spacial score (nSPS) is 21.0. The summed E-state index contributed by atoms with van der Waals surface area (Å²) in [5.41, 5.74) is 1.11. The number of benzene rings is 1. The van der Waals surface area contributed by atoms with Crippen LogP contribution in [0.25, 0.3) is 0 Å². The lowest BCUT2D eigenvalue weighted by Crippen LogP contribution is -2.43. The van der Waals surface area contributed by atoms with Gasteiger partial charge in [0.15, 0.2) is 0 Å². The Kier molecular flexibility index (Phi) is 5.86. The van der Waals surface area contributed by atoms with E-state index in [1.807, 2.05) is 42.2 Å². The zero-order chi connectivity index (χ0) is 19.3. The Balaban J connectivity index is 1.31. The van der Waals surface area contributed by atoms with Gasteiger partial charge in [0.25, 0.3) is 0 Å². The van der Waals surface area contributed by atoms with Crippen molar-refractivity contribution in [2.24, 2.45) is 0 Å². The van der Waals surface area contributed by atoms with Gasteiger partial charge in [0.1, 0.15) is 11.5 Å². The molecule has 0 aliphatic carbocycles. The zero-order valence-corrected chi connectivity index (χ0v) is 16.6. The SMILES string of the molecule is Cc1ccc(C(CNC(=O)N2CCC(Nc3ccccc3)C2)N2CCCC2)o1. The molecular formula is C22H30N4O2. The Morgan fingerprint density at radius 2 is 1.93 bits per heavy atom. The summed E-state index contributed by atoms with van der Waals surface area (Å²) in [7, 11) is 0. The van der Waals surface area contributed by atoms with Crippen LogP contribution in [0.3, 0.4) is 0 Å². The highest BCUT2D eigenvalue weighted by Gasteiger charge is 2.29. The zero-order valence-electron chi connectivity index (χ0n) is 16.6. The van der Waals surface area contributed by atoms with E-state index in [9.17, 15) is 4.79 Å². The molecule has 2 saturated heterocycles. The monoisotopic (exact) mass is 382 g/mol. The van der Waals surface area contributed by atoms with Crippen molar-refractivity contribution in [2.75, 3.05) is 38.0 Å². The van der Waals surface area contributed by atoms with E-state index in [4.69, 9.17) is 4.42 Å². The van der Waals surface area contributed by atoms with Gasteiger partial charge in [-0.15, -0.1) is 0 Å². The molecule has 1 aromatic heterocycles. The quantitative estimate of drug-likeness (QED) is 0.801. The van der Waals surface area contributed by atoms with Gasteiger partial charge in [0.2, 0.25) is 0 Å². The molecule has 0 radical (unpaired) electrons. The summed E-state index contributed by atoms with van der Waals surface area (Å²) in [4.78, 5) is 17.1. The number of hydrogen-bond donors (Lipinski definition) is 2. The minimum atomic E-state index is 0.0184. The van der Waals surface area contributed by atoms with Crippen molar-refractivity contribution >= 4 is 11.7 Å². The second-order valence-electron chi connectivity index (χ2n) is 7.84. The molecule has 2 unspecified atom stereocenters. The summed E-state index contributed by atoms with van der Waals surface area (Å²) in [6.45, 7) is 6.19. The van der Waals surface area contributed by atoms with Crippen molar-refractivity contribution in [3.8, 4) is 0 Å². The van der Waals surface area contributed by atoms with E-state index in [1.165, 1.54) is 12.8 Å². The van der Waals surface area contributed by atoms with E-state index in [0.717, 1.165) is 49.8 Å². The highest BCUT2D eigenvalue weighted by molar-refractivity contribution is 5.74. The summed E-state index contributed by atoms with van der Waals surface area (Å²) in [5.74, 6) is 1.87. The second kappa shape index (κ2) is 8.69. The van der Waals surface area contributed by atoms with Crippen LogP contribution in [0.4, 0.5) is 10.5 Å². The molecule has 0 saturated carbocycles. The molecule has 6 heteroatoms. The molecule has 0 bridgehead atoms. The minimum absolute atomic E-state index is 0.0184. The molecule has 1 aromatic carbocycles. The predicted molar refractivity (Wildman–Crippen MR) is 110 cm³/mol. The van der Waals surface area contributed by atoms with Gasteiger partial charge in [-0.05, 0) is 63.5 Å². The number of hydrogen-bond acceptors (Lipinski definition) is 4. The van der Waals surface area contributed by atoms with Crippen LogP contribution in [0.1, 0.15) is 36.8 Å². The molecule has 2 amide bonds. The Bertz CT molecular complexity index is 770. The maximum Gasteiger partial charge on any atom is 0.317 e. The number of aryl methyl sites for hydroxylation is 1. The van der Waals surface area contributed by atoms with E-state index in [0.29, 0.717) is 12.6 Å². The number of carbonyl (C=O) groups is 1. The third kappa shape index (κ3) is 4.50. The fraction of sp³-hybridized carbons (Fsp3) is 0.500. The largest absolute Gasteiger partial charge is 0.465 e. The van der Waals surface area contributed by atoms with Crippen molar-refractivity contribution in [3.05, 3.63) is 54.0 Å². The highest BCUT2D eigenvalue weighted by Crippen LogP contribution is 2.26. The van der Waals surface area contributed by atoms with Crippen LogP contribution >= 0.6 is 0 Å². The first-order valence-corrected chi connectivity index (χ1v) is 10.3. The van der Waals surface area contributed by atoms with E-state index >= 15 is 0 Å². The number of amides is 2. The number of anilines is 1. The highest BCUT2D eigenvalue weighted by atomic mass is 16.3. The molecule has 2 atom stereocenters. The summed E-state index contributed by atoms with van der Waals surface area (Å²) >= 11 is 0. The number of urea groups is 1. The number of nitrogens with zero attached hydrogens (tertiary/aromatic N) is 2. The average molecular weight is 383 g/mol. The van der Waals surface area contributed by atoms with Gasteiger partial charge in [-0.2, -0.15) is 0 Å². The van der Waals surface area contributed by atoms with Crippen molar-refractivity contribution in [3.63, 3.8) is 0 Å². The summed E-state index contributed by atoms with van der Waals surface area (Å²) in [5, 5.41) is 6.67. The molecule has 6 nitrogen and oxygen atoms in total. The first-order valence-electron chi connectivity index (χ1n) is 10.3. The topological polar surface area (TPSA) is 60.8 Å². The molecule has 2 aliphatic heterocycles. The van der Waals surface area contributed by atoms with Gasteiger partial charge in [0, 0.05) is 31.4 Å². The van der Waals surface area contributed by atoms with Gasteiger partial charge >= 0.3 is 6.03 Å². The first kappa shape index (κ1) is 18.9. The van der Waals surface area contributed by atoms with Crippen molar-refractivity contribution in [1.29, 1.82) is 0 Å². The smallest absolute Gasteiger partial charge is 0.317 e. The van der Waals surface area contributed by atoms with Crippen LogP contribution in [-0.4, -0.2) is 54.6 Å². The Hall–Kier alpha value is -2.47. The van der Waals surface area contributed by atoms with E-state index in [1.54, 1.807) is 0 Å². The Labute approximate surface area is 166 Å². The van der Waals surface area contributed by atoms with Gasteiger partial charge in [0.05, 0.1) is 6.04 Å². The van der Waals surface area contributed by atoms with Crippen molar-refractivity contribution in [1.82, 2.24) is 15.1 Å². The molecule has 3 heterocycles. The molecule has 2 aliphatic rings. The van der Waals surface area contributed by atoms with E-state index in [-0.39, 0.29) is 12.1 Å². The third-order valence-corrected chi connectivity index (χ3v) is 5.74. The third-order valence-electron chi connectivity index (χ3n) is 5.74. The van der Waals surface area contributed by atoms with Crippen LogP contribution in [0.15, 0.2) is 46.9 Å². The summed E-state index contributed by atoms with van der Waals surface area (Å²) in [6, 6.07) is 14.7. The van der Waals surface area contributed by atoms with Gasteiger partial charge in [-0.1, -0.05) is 18.2 Å². The van der Waals surface area contributed by atoms with Gasteiger partial charge in [-0.3, -0.25) is 4.90 Å². The number of carbonyl (C=O) groups excluding carboxylic acids is 1. The number of rotatable bonds is 6. The van der Waals surface area contributed by atoms with Crippen molar-refractivity contribution in [2.45, 2.75) is 38.3 Å². The van der Waals surface area contributed by atoms with Crippen LogP contribution in [0, 0.1) is 6.92 Å². The standard InChI is InChI=1S/C22H30N4O2/c1-17-9-10-21(28-17)20(25-12-5-6-13-25)15-23-22(27)26-14-11-19(16-26)24-18-7-3-2-4-8-18/h2-4,7-10,19-20,24H,5-6,11-16H2,1H3,(H,23,27). The lowest BCUT2D eigenvalue weighted by atomic mass is 10.2. The number of para-hydroxylation sites is 1. The number of nitrogens with one attached hydrogen (secondary N) is 2. The maximum atomic E-state index is 12.7. The summed E-state index contributed by atoms with van der Waals surface area (Å²) < 4.78 is 5.88. The fourth-order valence-corrected chi connectivity index (χ4v) is 4.22. The van der Waals surface area contributed by atoms with Gasteiger partial charge in [-0.25, -0.2) is 4.79 Å². The lowest BCUT2D eigenvalue weighted by Gasteiger charge is -2.27.